The van der Waals surface area contributed by atoms with Crippen molar-refractivity contribution < 1.29 is 4.74 Å². The summed E-state index contributed by atoms with van der Waals surface area (Å²) >= 11 is 0. The number of hydrogen-bond acceptors (Lipinski definition) is 3. The number of anilines is 1. The van der Waals surface area contributed by atoms with Crippen LogP contribution in [-0.4, -0.2) is 25.0 Å². The fourth-order valence-electron chi connectivity index (χ4n) is 2.96. The predicted octanol–water partition coefficient (Wildman–Crippen LogP) is 3.27. The highest BCUT2D eigenvalue weighted by Gasteiger charge is 2.37. The fraction of sp³-hybridized carbons (Fsp3) is 0.333. The van der Waals surface area contributed by atoms with Crippen LogP contribution in [0.2, 0.25) is 0 Å². The Bertz CT molecular complexity index is 589. The molecule has 0 bridgehead atoms. The van der Waals surface area contributed by atoms with Crippen LogP contribution in [0.5, 0.6) is 5.75 Å². The molecule has 0 amide bonds. The normalized spacial score (nSPS) is 18.3. The SMILES string of the molecule is CN1CCC(Oc2ccccc2N)(c2ccccc2)CC1. The molecule has 1 heterocycles. The van der Waals surface area contributed by atoms with Crippen LogP contribution in [0.3, 0.4) is 0 Å². The van der Waals surface area contributed by atoms with Crippen LogP contribution >= 0.6 is 0 Å². The Hall–Kier alpha value is -2.00. The third-order valence-corrected chi connectivity index (χ3v) is 4.32. The molecule has 3 rings (SSSR count). The first kappa shape index (κ1) is 14.0. The first-order valence-corrected chi connectivity index (χ1v) is 7.47. The van der Waals surface area contributed by atoms with Crippen molar-refractivity contribution in [1.82, 2.24) is 4.90 Å². The third-order valence-electron chi connectivity index (χ3n) is 4.32. The highest BCUT2D eigenvalue weighted by atomic mass is 16.5. The second-order valence-electron chi connectivity index (χ2n) is 5.80. The Morgan fingerprint density at radius 1 is 0.952 bits per heavy atom. The quantitative estimate of drug-likeness (QED) is 0.878. The molecule has 1 saturated heterocycles. The molecule has 0 radical (unpaired) electrons. The molecule has 0 atom stereocenters. The van der Waals surface area contributed by atoms with Gasteiger partial charge in [0.2, 0.25) is 0 Å². The lowest BCUT2D eigenvalue weighted by molar-refractivity contribution is 0.00436. The molecular formula is C18H22N2O. The van der Waals surface area contributed by atoms with Crippen molar-refractivity contribution >= 4 is 5.69 Å². The Morgan fingerprint density at radius 3 is 2.24 bits per heavy atom. The van der Waals surface area contributed by atoms with Gasteiger partial charge in [0.1, 0.15) is 11.4 Å². The fourth-order valence-corrected chi connectivity index (χ4v) is 2.96. The summed E-state index contributed by atoms with van der Waals surface area (Å²) in [4.78, 5) is 2.35. The number of ether oxygens (including phenoxy) is 1. The second-order valence-corrected chi connectivity index (χ2v) is 5.80. The zero-order chi connectivity index (χ0) is 14.7. The van der Waals surface area contributed by atoms with Crippen LogP contribution in [-0.2, 0) is 5.60 Å². The van der Waals surface area contributed by atoms with Gasteiger partial charge in [-0.05, 0) is 24.7 Å². The van der Waals surface area contributed by atoms with Crippen LogP contribution in [0, 0.1) is 0 Å². The van der Waals surface area contributed by atoms with Gasteiger partial charge in [-0.25, -0.2) is 0 Å². The zero-order valence-electron chi connectivity index (χ0n) is 12.5. The van der Waals surface area contributed by atoms with Crippen molar-refractivity contribution in [3.63, 3.8) is 0 Å². The molecule has 21 heavy (non-hydrogen) atoms. The second kappa shape index (κ2) is 5.78. The first-order valence-electron chi connectivity index (χ1n) is 7.47. The number of benzene rings is 2. The van der Waals surface area contributed by atoms with Crippen LogP contribution < -0.4 is 10.5 Å². The molecule has 0 aliphatic carbocycles. The molecule has 2 aromatic rings. The van der Waals surface area contributed by atoms with Gasteiger partial charge in [0.15, 0.2) is 0 Å². The minimum atomic E-state index is -0.275. The maximum Gasteiger partial charge on any atom is 0.143 e. The van der Waals surface area contributed by atoms with Gasteiger partial charge in [0.25, 0.3) is 0 Å². The first-order chi connectivity index (χ1) is 10.2. The average molecular weight is 282 g/mol. The Balaban J connectivity index is 1.95. The lowest BCUT2D eigenvalue weighted by atomic mass is 9.84. The summed E-state index contributed by atoms with van der Waals surface area (Å²) in [5, 5.41) is 0. The van der Waals surface area contributed by atoms with Crippen LogP contribution in [0.15, 0.2) is 54.6 Å². The van der Waals surface area contributed by atoms with Gasteiger partial charge in [-0.15, -0.1) is 0 Å². The van der Waals surface area contributed by atoms with Gasteiger partial charge in [0.05, 0.1) is 5.69 Å². The third kappa shape index (κ3) is 2.88. The summed E-state index contributed by atoms with van der Waals surface area (Å²) < 4.78 is 6.46. The van der Waals surface area contributed by atoms with Crippen molar-refractivity contribution in [1.29, 1.82) is 0 Å². The summed E-state index contributed by atoms with van der Waals surface area (Å²) in [6, 6.07) is 18.3. The molecule has 0 unspecified atom stereocenters. The Morgan fingerprint density at radius 2 is 1.57 bits per heavy atom. The van der Waals surface area contributed by atoms with Crippen LogP contribution in [0.4, 0.5) is 5.69 Å². The molecule has 1 fully saturated rings. The maximum atomic E-state index is 6.46. The van der Waals surface area contributed by atoms with Crippen LogP contribution in [0.1, 0.15) is 18.4 Å². The number of nitrogen functional groups attached to an aromatic ring is 1. The Labute approximate surface area is 126 Å². The molecule has 1 aliphatic heterocycles. The number of likely N-dealkylation sites (tertiary alicyclic amines) is 1. The van der Waals surface area contributed by atoms with Gasteiger partial charge < -0.3 is 15.4 Å². The zero-order valence-corrected chi connectivity index (χ0v) is 12.5. The summed E-state index contributed by atoms with van der Waals surface area (Å²) in [5.74, 6) is 0.783. The lowest BCUT2D eigenvalue weighted by Gasteiger charge is -2.41. The number of para-hydroxylation sites is 2. The van der Waals surface area contributed by atoms with E-state index in [1.54, 1.807) is 0 Å². The average Bonchev–Trinajstić information content (AvgIpc) is 2.53. The van der Waals surface area contributed by atoms with E-state index in [0.717, 1.165) is 31.7 Å². The predicted molar refractivity (Wildman–Crippen MR) is 86.3 cm³/mol. The minimum absolute atomic E-state index is 0.275. The summed E-state index contributed by atoms with van der Waals surface area (Å²) in [6.07, 6.45) is 1.95. The van der Waals surface area contributed by atoms with E-state index >= 15 is 0 Å². The molecule has 1 aliphatic rings. The van der Waals surface area contributed by atoms with E-state index in [-0.39, 0.29) is 5.60 Å². The molecule has 3 heteroatoms. The van der Waals surface area contributed by atoms with Crippen LogP contribution in [0.25, 0.3) is 0 Å². The van der Waals surface area contributed by atoms with Gasteiger partial charge in [-0.1, -0.05) is 42.5 Å². The summed E-state index contributed by atoms with van der Waals surface area (Å²) in [5.41, 5.74) is 7.73. The number of nitrogens with zero attached hydrogens (tertiary/aromatic N) is 1. The van der Waals surface area contributed by atoms with Crippen molar-refractivity contribution in [3.05, 3.63) is 60.2 Å². The summed E-state index contributed by atoms with van der Waals surface area (Å²) in [7, 11) is 2.16. The van der Waals surface area contributed by atoms with Gasteiger partial charge in [-0.2, -0.15) is 0 Å². The molecule has 3 nitrogen and oxygen atoms in total. The lowest BCUT2D eigenvalue weighted by Crippen LogP contribution is -2.44. The molecule has 2 aromatic carbocycles. The monoisotopic (exact) mass is 282 g/mol. The van der Waals surface area contributed by atoms with E-state index in [1.165, 1.54) is 5.56 Å². The Kier molecular flexibility index (Phi) is 3.84. The molecular weight excluding hydrogens is 260 g/mol. The number of piperidine rings is 1. The summed E-state index contributed by atoms with van der Waals surface area (Å²) in [6.45, 7) is 2.06. The molecule has 0 saturated carbocycles. The van der Waals surface area contributed by atoms with E-state index in [1.807, 2.05) is 30.3 Å². The van der Waals surface area contributed by atoms with E-state index in [0.29, 0.717) is 5.69 Å². The standard InChI is InChI=1S/C18H22N2O/c1-20-13-11-18(12-14-20,15-7-3-2-4-8-15)21-17-10-6-5-9-16(17)19/h2-10H,11-14,19H2,1H3. The minimum Gasteiger partial charge on any atom is -0.480 e. The van der Waals surface area contributed by atoms with Gasteiger partial charge >= 0.3 is 0 Å². The van der Waals surface area contributed by atoms with E-state index in [4.69, 9.17) is 10.5 Å². The number of nitrogens with two attached hydrogens (primary N) is 1. The van der Waals surface area contributed by atoms with Crippen molar-refractivity contribution in [2.24, 2.45) is 0 Å². The van der Waals surface area contributed by atoms with Gasteiger partial charge in [0, 0.05) is 25.9 Å². The van der Waals surface area contributed by atoms with Crippen molar-refractivity contribution in [2.75, 3.05) is 25.9 Å². The molecule has 0 aromatic heterocycles. The molecule has 0 spiro atoms. The van der Waals surface area contributed by atoms with Gasteiger partial charge in [-0.3, -0.25) is 0 Å². The van der Waals surface area contributed by atoms with E-state index in [9.17, 15) is 0 Å². The largest absolute Gasteiger partial charge is 0.480 e. The smallest absolute Gasteiger partial charge is 0.143 e. The number of hydrogen-bond donors (Lipinski definition) is 1. The van der Waals surface area contributed by atoms with Crippen molar-refractivity contribution in [3.8, 4) is 5.75 Å². The number of rotatable bonds is 3. The molecule has 110 valence electrons. The van der Waals surface area contributed by atoms with E-state index in [2.05, 4.69) is 36.2 Å². The maximum absolute atomic E-state index is 6.46. The van der Waals surface area contributed by atoms with Crippen molar-refractivity contribution in [2.45, 2.75) is 18.4 Å². The highest BCUT2D eigenvalue weighted by Crippen LogP contribution is 2.39. The topological polar surface area (TPSA) is 38.5 Å². The van der Waals surface area contributed by atoms with E-state index < -0.39 is 0 Å². The highest BCUT2D eigenvalue weighted by molar-refractivity contribution is 5.52. The molecule has 2 N–H and O–H groups in total.